The highest BCUT2D eigenvalue weighted by Gasteiger charge is 2.26. The van der Waals surface area contributed by atoms with Crippen LogP contribution in [0.3, 0.4) is 0 Å². The van der Waals surface area contributed by atoms with Gasteiger partial charge in [-0.1, -0.05) is 18.2 Å². The Morgan fingerprint density at radius 1 is 1.11 bits per heavy atom. The number of amides is 2. The minimum Gasteiger partial charge on any atom is -0.497 e. The van der Waals surface area contributed by atoms with Crippen LogP contribution in [0.4, 0.5) is 5.69 Å². The van der Waals surface area contributed by atoms with Crippen molar-refractivity contribution in [2.24, 2.45) is 5.10 Å². The van der Waals surface area contributed by atoms with E-state index in [9.17, 15) is 9.59 Å². The van der Waals surface area contributed by atoms with Crippen LogP contribution in [0.25, 0.3) is 0 Å². The molecule has 2 amide bonds. The molecule has 1 atom stereocenters. The van der Waals surface area contributed by atoms with Crippen LogP contribution >= 0.6 is 0 Å². The number of anilines is 1. The fraction of sp³-hybridized carbons (Fsp3) is 0.286. The maximum absolute atomic E-state index is 12.8. The number of hydrogen-bond acceptors (Lipinski definition) is 5. The second-order valence-electron chi connectivity index (χ2n) is 6.39. The van der Waals surface area contributed by atoms with Crippen LogP contribution in [0, 0.1) is 0 Å². The molecule has 0 unspecified atom stereocenters. The summed E-state index contributed by atoms with van der Waals surface area (Å²) in [5.41, 5.74) is 1.75. The molecule has 0 spiro atoms. The van der Waals surface area contributed by atoms with E-state index in [1.807, 2.05) is 31.2 Å². The predicted molar refractivity (Wildman–Crippen MR) is 107 cm³/mol. The zero-order chi connectivity index (χ0) is 20.1. The number of carbonyl (C=O) groups is 2. The Morgan fingerprint density at radius 3 is 2.54 bits per heavy atom. The zero-order valence-corrected chi connectivity index (χ0v) is 16.1. The van der Waals surface area contributed by atoms with E-state index in [4.69, 9.17) is 9.47 Å². The third kappa shape index (κ3) is 4.14. The summed E-state index contributed by atoms with van der Waals surface area (Å²) in [6.07, 6.45) is 0.536. The van der Waals surface area contributed by atoms with Crippen molar-refractivity contribution < 1.29 is 19.1 Å². The summed E-state index contributed by atoms with van der Waals surface area (Å²) in [5, 5.41) is 8.51. The van der Waals surface area contributed by atoms with Crippen LogP contribution in [-0.4, -0.2) is 31.7 Å². The summed E-state index contributed by atoms with van der Waals surface area (Å²) >= 11 is 0. The summed E-state index contributed by atoms with van der Waals surface area (Å²) < 4.78 is 10.7. The molecule has 146 valence electrons. The molecule has 1 aliphatic rings. The number of benzene rings is 2. The van der Waals surface area contributed by atoms with Gasteiger partial charge in [-0.15, -0.1) is 0 Å². The Morgan fingerprint density at radius 2 is 1.86 bits per heavy atom. The number of hydrogen-bond donors (Lipinski definition) is 1. The van der Waals surface area contributed by atoms with Gasteiger partial charge in [0.1, 0.15) is 17.2 Å². The van der Waals surface area contributed by atoms with Gasteiger partial charge >= 0.3 is 0 Å². The Bertz CT molecular complexity index is 896. The molecule has 2 aromatic rings. The summed E-state index contributed by atoms with van der Waals surface area (Å²) in [7, 11) is 3.16. The van der Waals surface area contributed by atoms with E-state index in [0.717, 1.165) is 5.56 Å². The second-order valence-corrected chi connectivity index (χ2v) is 6.39. The average molecular weight is 381 g/mol. The molecule has 0 saturated carbocycles. The lowest BCUT2D eigenvalue weighted by molar-refractivity contribution is -0.119. The van der Waals surface area contributed by atoms with Crippen molar-refractivity contribution >= 4 is 23.2 Å². The maximum atomic E-state index is 12.8. The van der Waals surface area contributed by atoms with Crippen molar-refractivity contribution in [3.63, 3.8) is 0 Å². The Balaban J connectivity index is 1.80. The smallest absolute Gasteiger partial charge is 0.267 e. The molecule has 0 aromatic heterocycles. The minimum absolute atomic E-state index is 0.134. The lowest BCUT2D eigenvalue weighted by Gasteiger charge is -2.24. The predicted octanol–water partition coefficient (Wildman–Crippen LogP) is 3.06. The number of methoxy groups -OCH3 is 2. The van der Waals surface area contributed by atoms with Crippen LogP contribution in [0.5, 0.6) is 11.5 Å². The summed E-state index contributed by atoms with van der Waals surface area (Å²) in [5.74, 6) is 0.879. The highest BCUT2D eigenvalue weighted by atomic mass is 16.5. The largest absolute Gasteiger partial charge is 0.497 e. The zero-order valence-electron chi connectivity index (χ0n) is 16.1. The highest BCUT2D eigenvalue weighted by molar-refractivity contribution is 6.40. The summed E-state index contributed by atoms with van der Waals surface area (Å²) in [4.78, 5) is 25.0. The van der Waals surface area contributed by atoms with Gasteiger partial charge in [0.2, 0.25) is 5.91 Å². The van der Waals surface area contributed by atoms with Gasteiger partial charge in [-0.3, -0.25) is 9.59 Å². The molecular weight excluding hydrogens is 358 g/mol. The van der Waals surface area contributed by atoms with Crippen LogP contribution in [0.2, 0.25) is 0 Å². The molecule has 1 heterocycles. The molecular formula is C21H23N3O4. The molecule has 0 radical (unpaired) electrons. The van der Waals surface area contributed by atoms with Gasteiger partial charge in [-0.2, -0.15) is 5.10 Å². The molecule has 7 heteroatoms. The van der Waals surface area contributed by atoms with Crippen molar-refractivity contribution in [1.82, 2.24) is 5.32 Å². The van der Waals surface area contributed by atoms with Gasteiger partial charge in [-0.05, 0) is 37.3 Å². The molecule has 0 saturated heterocycles. The minimum atomic E-state index is -0.331. The lowest BCUT2D eigenvalue weighted by atomic mass is 10.1. The molecule has 28 heavy (non-hydrogen) atoms. The Labute approximate surface area is 163 Å². The maximum Gasteiger partial charge on any atom is 0.267 e. The topological polar surface area (TPSA) is 80.2 Å². The number of ether oxygens (including phenoxy) is 2. The molecule has 7 nitrogen and oxygen atoms in total. The standard InChI is InChI=1S/C21H23N3O4/c1-14(17-13-16(27-2)9-11-19(17)28-3)22-21(26)18-10-12-20(25)24(23-18)15-7-5-4-6-8-15/h4-9,11,13-14H,10,12H2,1-3H3,(H,22,26)/t14-/m0/s1. The van der Waals surface area contributed by atoms with E-state index in [2.05, 4.69) is 10.4 Å². The first kappa shape index (κ1) is 19.4. The van der Waals surface area contributed by atoms with E-state index in [1.54, 1.807) is 38.5 Å². The molecule has 1 N–H and O–H groups in total. The third-order valence-corrected chi connectivity index (χ3v) is 4.55. The SMILES string of the molecule is COc1ccc(OC)c([C@H](C)NC(=O)C2=NN(c3ccccc3)C(=O)CC2)c1. The molecule has 1 aliphatic heterocycles. The normalized spacial score (nSPS) is 14.9. The summed E-state index contributed by atoms with van der Waals surface area (Å²) in [6.45, 7) is 1.86. The summed E-state index contributed by atoms with van der Waals surface area (Å²) in [6, 6.07) is 14.2. The second kappa shape index (κ2) is 8.56. The van der Waals surface area contributed by atoms with Crippen molar-refractivity contribution in [3.05, 3.63) is 54.1 Å². The molecule has 2 aromatic carbocycles. The van der Waals surface area contributed by atoms with E-state index in [-0.39, 0.29) is 24.3 Å². The first-order chi connectivity index (χ1) is 13.5. The van der Waals surface area contributed by atoms with E-state index in [1.165, 1.54) is 5.01 Å². The molecule has 0 fully saturated rings. The van der Waals surface area contributed by atoms with Crippen molar-refractivity contribution in [2.75, 3.05) is 19.2 Å². The quantitative estimate of drug-likeness (QED) is 0.834. The Hall–Kier alpha value is -3.35. The lowest BCUT2D eigenvalue weighted by Crippen LogP contribution is -2.40. The van der Waals surface area contributed by atoms with Gasteiger partial charge < -0.3 is 14.8 Å². The fourth-order valence-corrected chi connectivity index (χ4v) is 3.02. The molecule has 0 bridgehead atoms. The number of nitrogens with one attached hydrogen (secondary N) is 1. The average Bonchev–Trinajstić information content (AvgIpc) is 2.74. The van der Waals surface area contributed by atoms with Gasteiger partial charge in [0.15, 0.2) is 0 Å². The molecule has 0 aliphatic carbocycles. The van der Waals surface area contributed by atoms with Crippen molar-refractivity contribution in [2.45, 2.75) is 25.8 Å². The van der Waals surface area contributed by atoms with Gasteiger partial charge in [0.25, 0.3) is 5.91 Å². The van der Waals surface area contributed by atoms with Crippen LogP contribution in [0.15, 0.2) is 53.6 Å². The first-order valence-corrected chi connectivity index (χ1v) is 9.01. The van der Waals surface area contributed by atoms with Crippen molar-refractivity contribution in [1.29, 1.82) is 0 Å². The van der Waals surface area contributed by atoms with E-state index >= 15 is 0 Å². The van der Waals surface area contributed by atoms with Gasteiger partial charge in [0, 0.05) is 18.4 Å². The van der Waals surface area contributed by atoms with E-state index < -0.39 is 0 Å². The number of hydrazone groups is 1. The third-order valence-electron chi connectivity index (χ3n) is 4.55. The van der Waals surface area contributed by atoms with E-state index in [0.29, 0.717) is 29.3 Å². The number of rotatable bonds is 6. The fourth-order valence-electron chi connectivity index (χ4n) is 3.02. The number of para-hydroxylation sites is 1. The highest BCUT2D eigenvalue weighted by Crippen LogP contribution is 2.29. The molecule has 3 rings (SSSR count). The first-order valence-electron chi connectivity index (χ1n) is 9.01. The van der Waals surface area contributed by atoms with Crippen LogP contribution in [0.1, 0.15) is 31.4 Å². The number of nitrogens with zero attached hydrogens (tertiary/aromatic N) is 2. The number of carbonyl (C=O) groups excluding carboxylic acids is 2. The van der Waals surface area contributed by atoms with Crippen LogP contribution in [-0.2, 0) is 9.59 Å². The Kier molecular flexibility index (Phi) is 5.93. The van der Waals surface area contributed by atoms with Gasteiger partial charge in [-0.25, -0.2) is 5.01 Å². The van der Waals surface area contributed by atoms with Crippen molar-refractivity contribution in [3.8, 4) is 11.5 Å². The monoisotopic (exact) mass is 381 g/mol. The van der Waals surface area contributed by atoms with Crippen LogP contribution < -0.4 is 19.8 Å². The van der Waals surface area contributed by atoms with Gasteiger partial charge in [0.05, 0.1) is 25.9 Å².